The average Bonchev–Trinajstić information content (AvgIpc) is 1.78. The lowest BCUT2D eigenvalue weighted by atomic mass is 9.96. The van der Waals surface area contributed by atoms with Crippen molar-refractivity contribution in [2.75, 3.05) is 6.54 Å². The minimum atomic E-state index is -0.389. The van der Waals surface area contributed by atoms with Gasteiger partial charge in [0.1, 0.15) is 12.6 Å². The molecule has 1 rings (SSSR count). The highest BCUT2D eigenvalue weighted by Crippen LogP contribution is 2.21. The molecule has 0 bridgehead atoms. The first-order valence-corrected chi connectivity index (χ1v) is 3.17. The van der Waals surface area contributed by atoms with Gasteiger partial charge in [0.25, 0.3) is 0 Å². The maximum atomic E-state index is 10.4. The number of hydrogen-bond donors (Lipinski definition) is 0. The van der Waals surface area contributed by atoms with Crippen LogP contribution >= 0.6 is 0 Å². The summed E-state index contributed by atoms with van der Waals surface area (Å²) in [5, 5.41) is 0. The van der Waals surface area contributed by atoms with Crippen LogP contribution in [0.15, 0.2) is 0 Å². The second-order valence-corrected chi connectivity index (χ2v) is 2.22. The van der Waals surface area contributed by atoms with Gasteiger partial charge in [-0.05, 0) is 19.3 Å². The molecule has 0 unspecified atom stereocenters. The van der Waals surface area contributed by atoms with Crippen LogP contribution < -0.4 is 5.73 Å². The fraction of sp³-hybridized carbons (Fsp3) is 0.833. The molecule has 0 aromatic heterocycles. The molecular formula is C6H10NO2. The quantitative estimate of drug-likeness (QED) is 0.504. The number of rotatable bonds is 2. The zero-order valence-corrected chi connectivity index (χ0v) is 5.22. The number of ether oxygens (including phenoxy) is 1. The van der Waals surface area contributed by atoms with Crippen LogP contribution in [0.25, 0.3) is 0 Å². The van der Waals surface area contributed by atoms with Crippen LogP contribution in [0.4, 0.5) is 0 Å². The highest BCUT2D eigenvalue weighted by Gasteiger charge is 2.20. The fourth-order valence-electron chi connectivity index (χ4n) is 0.716. The molecule has 0 aliphatic heterocycles. The summed E-state index contributed by atoms with van der Waals surface area (Å²) in [4.78, 5) is 10.4. The van der Waals surface area contributed by atoms with Gasteiger partial charge in [0.2, 0.25) is 0 Å². The summed E-state index contributed by atoms with van der Waals surface area (Å²) in [7, 11) is 0. The second-order valence-electron chi connectivity index (χ2n) is 2.22. The average molecular weight is 128 g/mol. The summed E-state index contributed by atoms with van der Waals surface area (Å²) in [6, 6.07) is 0. The van der Waals surface area contributed by atoms with E-state index in [-0.39, 0.29) is 18.6 Å². The molecule has 1 N–H and O–H groups in total. The van der Waals surface area contributed by atoms with E-state index >= 15 is 0 Å². The molecule has 1 aliphatic carbocycles. The minimum Gasteiger partial charge on any atom is -0.461 e. The molecule has 1 aliphatic rings. The van der Waals surface area contributed by atoms with Gasteiger partial charge >= 0.3 is 5.97 Å². The van der Waals surface area contributed by atoms with Crippen molar-refractivity contribution in [1.82, 2.24) is 5.73 Å². The van der Waals surface area contributed by atoms with Crippen LogP contribution in [0.1, 0.15) is 19.3 Å². The van der Waals surface area contributed by atoms with E-state index in [0.717, 1.165) is 19.3 Å². The topological polar surface area (TPSA) is 50.1 Å². The lowest BCUT2D eigenvalue weighted by molar-refractivity contribution is -0.151. The third-order valence-electron chi connectivity index (χ3n) is 1.49. The number of esters is 1. The van der Waals surface area contributed by atoms with Gasteiger partial charge in [-0.3, -0.25) is 4.79 Å². The molecule has 0 atom stereocenters. The van der Waals surface area contributed by atoms with Crippen LogP contribution in [0.5, 0.6) is 0 Å². The highest BCUT2D eigenvalue weighted by molar-refractivity contribution is 5.71. The van der Waals surface area contributed by atoms with Gasteiger partial charge in [-0.2, -0.15) is 0 Å². The molecule has 9 heavy (non-hydrogen) atoms. The van der Waals surface area contributed by atoms with E-state index in [9.17, 15) is 4.79 Å². The molecule has 0 spiro atoms. The highest BCUT2D eigenvalue weighted by atomic mass is 16.5. The third kappa shape index (κ3) is 1.68. The molecule has 0 aromatic rings. The normalized spacial score (nSPS) is 18.8. The van der Waals surface area contributed by atoms with Crippen LogP contribution in [0, 0.1) is 0 Å². The predicted molar refractivity (Wildman–Crippen MR) is 31.7 cm³/mol. The second kappa shape index (κ2) is 2.82. The van der Waals surface area contributed by atoms with Crippen molar-refractivity contribution < 1.29 is 9.53 Å². The van der Waals surface area contributed by atoms with Gasteiger partial charge in [0.15, 0.2) is 0 Å². The third-order valence-corrected chi connectivity index (χ3v) is 1.49. The monoisotopic (exact) mass is 128 g/mol. The standard InChI is InChI=1S/C6H10NO2/c7-4-6(8)9-5-2-1-3-5/h5,7H,1-4H2. The fourth-order valence-corrected chi connectivity index (χ4v) is 0.716. The minimum absolute atomic E-state index is 0.142. The Balaban J connectivity index is 2.09. The van der Waals surface area contributed by atoms with E-state index in [1.54, 1.807) is 0 Å². The SMILES string of the molecule is [NH]CC(=O)OC1CCC1. The Hall–Kier alpha value is -0.570. The zero-order valence-electron chi connectivity index (χ0n) is 5.22. The van der Waals surface area contributed by atoms with Crippen molar-refractivity contribution in [1.29, 1.82) is 0 Å². The Morgan fingerprint density at radius 1 is 1.67 bits per heavy atom. The molecule has 0 saturated heterocycles. The Labute approximate surface area is 54.2 Å². The van der Waals surface area contributed by atoms with Gasteiger partial charge in [-0.15, -0.1) is 0 Å². The van der Waals surface area contributed by atoms with Crippen LogP contribution in [0.3, 0.4) is 0 Å². The summed E-state index contributed by atoms with van der Waals surface area (Å²) in [6.45, 7) is -0.240. The molecule has 0 heterocycles. The van der Waals surface area contributed by atoms with Crippen LogP contribution in [-0.2, 0) is 9.53 Å². The molecular weight excluding hydrogens is 118 g/mol. The molecule has 3 heteroatoms. The van der Waals surface area contributed by atoms with Crippen LogP contribution in [-0.4, -0.2) is 18.6 Å². The van der Waals surface area contributed by atoms with Crippen molar-refractivity contribution in [3.63, 3.8) is 0 Å². The van der Waals surface area contributed by atoms with E-state index in [1.165, 1.54) is 0 Å². The summed E-state index contributed by atoms with van der Waals surface area (Å²) in [5.41, 5.74) is 6.63. The number of carbonyl (C=O) groups excluding carboxylic acids is 1. The Morgan fingerprint density at radius 3 is 2.67 bits per heavy atom. The predicted octanol–water partition coefficient (Wildman–Crippen LogP) is 0.365. The molecule has 0 aromatic carbocycles. The molecule has 1 radical (unpaired) electrons. The lowest BCUT2D eigenvalue weighted by Gasteiger charge is -2.24. The van der Waals surface area contributed by atoms with Crippen molar-refractivity contribution >= 4 is 5.97 Å². The van der Waals surface area contributed by atoms with E-state index in [1.807, 2.05) is 0 Å². The number of carbonyl (C=O) groups is 1. The van der Waals surface area contributed by atoms with Crippen molar-refractivity contribution in [3.8, 4) is 0 Å². The summed E-state index contributed by atoms with van der Waals surface area (Å²) >= 11 is 0. The molecule has 3 nitrogen and oxygen atoms in total. The summed E-state index contributed by atoms with van der Waals surface area (Å²) < 4.78 is 4.81. The van der Waals surface area contributed by atoms with E-state index in [2.05, 4.69) is 0 Å². The van der Waals surface area contributed by atoms with Crippen molar-refractivity contribution in [2.45, 2.75) is 25.4 Å². The Morgan fingerprint density at radius 2 is 2.33 bits per heavy atom. The number of nitrogens with one attached hydrogen (secondary N) is 1. The molecule has 1 fully saturated rings. The Bertz CT molecular complexity index is 110. The van der Waals surface area contributed by atoms with Crippen LogP contribution in [0.2, 0.25) is 0 Å². The van der Waals surface area contributed by atoms with Gasteiger partial charge < -0.3 is 4.74 Å². The van der Waals surface area contributed by atoms with E-state index < -0.39 is 0 Å². The maximum Gasteiger partial charge on any atom is 0.321 e. The van der Waals surface area contributed by atoms with Crippen molar-refractivity contribution in [2.24, 2.45) is 0 Å². The largest absolute Gasteiger partial charge is 0.461 e. The van der Waals surface area contributed by atoms with Gasteiger partial charge in [-0.25, -0.2) is 5.73 Å². The summed E-state index contributed by atoms with van der Waals surface area (Å²) in [5.74, 6) is -0.389. The van der Waals surface area contributed by atoms with Gasteiger partial charge in [0.05, 0.1) is 0 Å². The van der Waals surface area contributed by atoms with Crippen molar-refractivity contribution in [3.05, 3.63) is 0 Å². The lowest BCUT2D eigenvalue weighted by Crippen LogP contribution is -2.26. The number of hydrogen-bond acceptors (Lipinski definition) is 2. The zero-order chi connectivity index (χ0) is 6.69. The van der Waals surface area contributed by atoms with Gasteiger partial charge in [0, 0.05) is 0 Å². The summed E-state index contributed by atoms with van der Waals surface area (Å²) in [6.07, 6.45) is 3.29. The first kappa shape index (κ1) is 6.55. The molecule has 0 amide bonds. The smallest absolute Gasteiger partial charge is 0.321 e. The van der Waals surface area contributed by atoms with Gasteiger partial charge in [-0.1, -0.05) is 0 Å². The first-order valence-electron chi connectivity index (χ1n) is 3.17. The molecule has 1 saturated carbocycles. The first-order chi connectivity index (χ1) is 4.33. The Kier molecular flexibility index (Phi) is 2.05. The van der Waals surface area contributed by atoms with E-state index in [0.29, 0.717) is 0 Å². The van der Waals surface area contributed by atoms with E-state index in [4.69, 9.17) is 10.5 Å². The maximum absolute atomic E-state index is 10.4. The molecule has 51 valence electrons.